The maximum atomic E-state index is 12.6. The number of fused-ring (bicyclic) bond motifs is 1. The SMILES string of the molecule is Cc1ccc(CNc2nc3c(c(=O)[nH]c(=O)n3C)n2CCCc2ccccc2)cc1. The van der Waals surface area contributed by atoms with Crippen molar-refractivity contribution in [3.8, 4) is 0 Å². The molecule has 0 aliphatic carbocycles. The van der Waals surface area contributed by atoms with Gasteiger partial charge >= 0.3 is 5.69 Å². The summed E-state index contributed by atoms with van der Waals surface area (Å²) in [5, 5.41) is 3.34. The molecule has 0 unspecified atom stereocenters. The van der Waals surface area contributed by atoms with Gasteiger partial charge in [0.25, 0.3) is 5.56 Å². The number of anilines is 1. The number of aryl methyl sites for hydroxylation is 4. The molecule has 0 aliphatic rings. The lowest BCUT2D eigenvalue weighted by Gasteiger charge is -2.11. The van der Waals surface area contributed by atoms with Crippen molar-refractivity contribution in [2.75, 3.05) is 5.32 Å². The molecule has 2 N–H and O–H groups in total. The average Bonchev–Trinajstić information content (AvgIpc) is 3.12. The number of hydrogen-bond donors (Lipinski definition) is 2. The van der Waals surface area contributed by atoms with Gasteiger partial charge in [0.05, 0.1) is 0 Å². The molecule has 0 saturated carbocycles. The van der Waals surface area contributed by atoms with Gasteiger partial charge in [0, 0.05) is 20.1 Å². The number of imidazole rings is 1. The van der Waals surface area contributed by atoms with Crippen LogP contribution in [0.25, 0.3) is 11.2 Å². The van der Waals surface area contributed by atoms with Gasteiger partial charge in [-0.1, -0.05) is 60.2 Å². The van der Waals surface area contributed by atoms with E-state index < -0.39 is 11.2 Å². The fraction of sp³-hybridized carbons (Fsp3) is 0.261. The maximum absolute atomic E-state index is 12.6. The van der Waals surface area contributed by atoms with Gasteiger partial charge in [-0.3, -0.25) is 14.3 Å². The molecular formula is C23H25N5O2. The van der Waals surface area contributed by atoms with Crippen molar-refractivity contribution < 1.29 is 0 Å². The highest BCUT2D eigenvalue weighted by atomic mass is 16.2. The fourth-order valence-corrected chi connectivity index (χ4v) is 3.56. The molecule has 4 rings (SSSR count). The van der Waals surface area contributed by atoms with E-state index in [1.807, 2.05) is 22.8 Å². The van der Waals surface area contributed by atoms with Crippen LogP contribution in [0.5, 0.6) is 0 Å². The van der Waals surface area contributed by atoms with E-state index in [1.54, 1.807) is 7.05 Å². The molecule has 7 heteroatoms. The molecule has 2 heterocycles. The van der Waals surface area contributed by atoms with Crippen molar-refractivity contribution in [1.82, 2.24) is 19.1 Å². The zero-order chi connectivity index (χ0) is 21.1. The van der Waals surface area contributed by atoms with Crippen molar-refractivity contribution in [3.63, 3.8) is 0 Å². The molecule has 30 heavy (non-hydrogen) atoms. The molecule has 0 amide bonds. The van der Waals surface area contributed by atoms with Crippen molar-refractivity contribution in [1.29, 1.82) is 0 Å². The summed E-state index contributed by atoms with van der Waals surface area (Å²) in [7, 11) is 1.62. The number of H-pyrrole nitrogens is 1. The molecule has 7 nitrogen and oxygen atoms in total. The zero-order valence-electron chi connectivity index (χ0n) is 17.2. The first-order chi connectivity index (χ1) is 14.5. The van der Waals surface area contributed by atoms with Crippen molar-refractivity contribution in [2.45, 2.75) is 32.9 Å². The van der Waals surface area contributed by atoms with E-state index in [0.717, 1.165) is 18.4 Å². The van der Waals surface area contributed by atoms with Gasteiger partial charge in [-0.25, -0.2) is 4.79 Å². The van der Waals surface area contributed by atoms with Crippen LogP contribution in [0.3, 0.4) is 0 Å². The first-order valence-corrected chi connectivity index (χ1v) is 10.1. The molecule has 154 valence electrons. The molecule has 2 aromatic carbocycles. The smallest absolute Gasteiger partial charge is 0.329 e. The lowest BCUT2D eigenvalue weighted by atomic mass is 10.1. The van der Waals surface area contributed by atoms with E-state index in [2.05, 4.69) is 58.6 Å². The Balaban J connectivity index is 1.64. The minimum Gasteiger partial charge on any atom is -0.352 e. The Kier molecular flexibility index (Phi) is 5.52. The first-order valence-electron chi connectivity index (χ1n) is 10.1. The number of aromatic amines is 1. The lowest BCUT2D eigenvalue weighted by Crippen LogP contribution is -2.29. The predicted octanol–water partition coefficient (Wildman–Crippen LogP) is 2.98. The predicted molar refractivity (Wildman–Crippen MR) is 119 cm³/mol. The normalized spacial score (nSPS) is 11.1. The molecule has 0 bridgehead atoms. The van der Waals surface area contributed by atoms with E-state index >= 15 is 0 Å². The van der Waals surface area contributed by atoms with Crippen LogP contribution in [0, 0.1) is 6.92 Å². The number of benzene rings is 2. The second-order valence-electron chi connectivity index (χ2n) is 7.51. The molecule has 2 aromatic heterocycles. The largest absolute Gasteiger partial charge is 0.352 e. The monoisotopic (exact) mass is 403 g/mol. The average molecular weight is 403 g/mol. The lowest BCUT2D eigenvalue weighted by molar-refractivity contribution is 0.658. The summed E-state index contributed by atoms with van der Waals surface area (Å²) in [4.78, 5) is 31.6. The van der Waals surface area contributed by atoms with Crippen molar-refractivity contribution in [2.24, 2.45) is 7.05 Å². The Morgan fingerprint density at radius 1 is 1.00 bits per heavy atom. The molecule has 0 radical (unpaired) electrons. The van der Waals surface area contributed by atoms with Gasteiger partial charge in [-0.05, 0) is 30.9 Å². The number of hydrogen-bond acceptors (Lipinski definition) is 4. The van der Waals surface area contributed by atoms with Crippen LogP contribution in [0.2, 0.25) is 0 Å². The summed E-state index contributed by atoms with van der Waals surface area (Å²) in [6.45, 7) is 3.24. The zero-order valence-corrected chi connectivity index (χ0v) is 17.2. The van der Waals surface area contributed by atoms with Gasteiger partial charge < -0.3 is 9.88 Å². The number of aromatic nitrogens is 4. The summed E-state index contributed by atoms with van der Waals surface area (Å²) in [6.07, 6.45) is 1.73. The number of nitrogens with zero attached hydrogens (tertiary/aromatic N) is 3. The Bertz CT molecular complexity index is 1270. The minimum atomic E-state index is -0.466. The van der Waals surface area contributed by atoms with Gasteiger partial charge in [-0.2, -0.15) is 4.98 Å². The Hall–Kier alpha value is -3.61. The van der Waals surface area contributed by atoms with E-state index in [-0.39, 0.29) is 0 Å². The quantitative estimate of drug-likeness (QED) is 0.497. The van der Waals surface area contributed by atoms with Gasteiger partial charge in [0.1, 0.15) is 0 Å². The van der Waals surface area contributed by atoms with E-state index in [1.165, 1.54) is 15.7 Å². The topological polar surface area (TPSA) is 84.7 Å². The second kappa shape index (κ2) is 8.41. The summed E-state index contributed by atoms with van der Waals surface area (Å²) in [6, 6.07) is 18.5. The van der Waals surface area contributed by atoms with Gasteiger partial charge in [-0.15, -0.1) is 0 Å². The third-order valence-corrected chi connectivity index (χ3v) is 5.27. The van der Waals surface area contributed by atoms with Crippen LogP contribution in [-0.4, -0.2) is 19.1 Å². The van der Waals surface area contributed by atoms with E-state index in [0.29, 0.717) is 30.2 Å². The molecule has 0 aliphatic heterocycles. The Morgan fingerprint density at radius 3 is 2.47 bits per heavy atom. The van der Waals surface area contributed by atoms with Crippen molar-refractivity contribution in [3.05, 3.63) is 92.1 Å². The summed E-state index contributed by atoms with van der Waals surface area (Å²) < 4.78 is 3.26. The third-order valence-electron chi connectivity index (χ3n) is 5.27. The molecular weight excluding hydrogens is 378 g/mol. The van der Waals surface area contributed by atoms with Crippen LogP contribution in [0.1, 0.15) is 23.1 Å². The second-order valence-corrected chi connectivity index (χ2v) is 7.51. The molecule has 0 spiro atoms. The molecule has 0 fully saturated rings. The van der Waals surface area contributed by atoms with Crippen LogP contribution < -0.4 is 16.6 Å². The number of rotatable bonds is 7. The van der Waals surface area contributed by atoms with Crippen LogP contribution in [0.4, 0.5) is 5.95 Å². The van der Waals surface area contributed by atoms with Crippen LogP contribution in [0.15, 0.2) is 64.2 Å². The van der Waals surface area contributed by atoms with E-state index in [4.69, 9.17) is 0 Å². The van der Waals surface area contributed by atoms with Gasteiger partial charge in [0.15, 0.2) is 11.2 Å². The highest BCUT2D eigenvalue weighted by Crippen LogP contribution is 2.18. The highest BCUT2D eigenvalue weighted by molar-refractivity contribution is 5.74. The molecule has 0 saturated heterocycles. The summed E-state index contributed by atoms with van der Waals surface area (Å²) in [5.74, 6) is 0.588. The summed E-state index contributed by atoms with van der Waals surface area (Å²) in [5.41, 5.74) is 3.48. The molecule has 4 aromatic rings. The van der Waals surface area contributed by atoms with Crippen LogP contribution in [-0.2, 0) is 26.6 Å². The Morgan fingerprint density at radius 2 is 1.73 bits per heavy atom. The van der Waals surface area contributed by atoms with Crippen LogP contribution >= 0.6 is 0 Å². The molecule has 0 atom stereocenters. The Labute approximate surface area is 174 Å². The van der Waals surface area contributed by atoms with Gasteiger partial charge in [0.2, 0.25) is 5.95 Å². The number of nitrogens with one attached hydrogen (secondary N) is 2. The summed E-state index contributed by atoms with van der Waals surface area (Å²) >= 11 is 0. The maximum Gasteiger partial charge on any atom is 0.329 e. The fourth-order valence-electron chi connectivity index (χ4n) is 3.56. The van der Waals surface area contributed by atoms with E-state index in [9.17, 15) is 9.59 Å². The first kappa shape index (κ1) is 19.7. The van der Waals surface area contributed by atoms with Crippen molar-refractivity contribution >= 4 is 17.1 Å². The highest BCUT2D eigenvalue weighted by Gasteiger charge is 2.17. The minimum absolute atomic E-state index is 0.384. The third kappa shape index (κ3) is 4.05. The standard InChI is InChI=1S/C23H25N5O2/c1-16-10-12-18(13-11-16)15-24-22-25-20-19(21(29)26-23(30)27(20)2)28(22)14-6-9-17-7-4-3-5-8-17/h3-5,7-8,10-13H,6,9,14-15H2,1-2H3,(H,24,25)(H,26,29,30).